The van der Waals surface area contributed by atoms with Gasteiger partial charge in [-0.15, -0.1) is 5.06 Å². The highest BCUT2D eigenvalue weighted by Gasteiger charge is 2.33. The number of hydroxylamine groups is 2. The highest BCUT2D eigenvalue weighted by atomic mass is 16.7. The Morgan fingerprint density at radius 2 is 1.90 bits per heavy atom. The number of nitrogens with zero attached hydrogens (tertiary/aromatic N) is 2. The highest BCUT2D eigenvalue weighted by molar-refractivity contribution is 6.07. The summed E-state index contributed by atoms with van der Waals surface area (Å²) in [6, 6.07) is 6.76. The van der Waals surface area contributed by atoms with Crippen LogP contribution in [0.3, 0.4) is 0 Å². The summed E-state index contributed by atoms with van der Waals surface area (Å²) >= 11 is 0. The van der Waals surface area contributed by atoms with Gasteiger partial charge in [0.25, 0.3) is 11.8 Å². The second-order valence-corrected chi connectivity index (χ2v) is 4.36. The van der Waals surface area contributed by atoms with Crippen molar-refractivity contribution in [1.29, 1.82) is 0 Å². The molecule has 1 aromatic heterocycles. The van der Waals surface area contributed by atoms with Crippen molar-refractivity contribution in [3.8, 4) is 0 Å². The summed E-state index contributed by atoms with van der Waals surface area (Å²) in [5, 5.41) is 1.98. The molecule has 6 heteroatoms. The van der Waals surface area contributed by atoms with E-state index in [4.69, 9.17) is 4.84 Å². The fourth-order valence-corrected chi connectivity index (χ4v) is 2.09. The van der Waals surface area contributed by atoms with Crippen molar-refractivity contribution < 1.29 is 19.2 Å². The van der Waals surface area contributed by atoms with Crippen LogP contribution in [-0.2, 0) is 14.4 Å². The standard InChI is InChI=1S/C14H10N2O4/c17-12-4-5-13(18)16(12)20-14(19)11-3-1-2-9-8-15-7-6-10(9)11/h1-3,6-8H,4-5H2. The maximum Gasteiger partial charge on any atom is 0.364 e. The van der Waals surface area contributed by atoms with E-state index in [9.17, 15) is 14.4 Å². The molecule has 0 aliphatic carbocycles. The van der Waals surface area contributed by atoms with Gasteiger partial charge in [-0.2, -0.15) is 0 Å². The van der Waals surface area contributed by atoms with E-state index in [2.05, 4.69) is 4.98 Å². The second kappa shape index (κ2) is 4.73. The SMILES string of the molecule is O=C(ON1C(=O)CCC1=O)c1cccc2cnccc12. The number of pyridine rings is 1. The molecular weight excluding hydrogens is 260 g/mol. The largest absolute Gasteiger partial charge is 0.364 e. The van der Waals surface area contributed by atoms with Crippen molar-refractivity contribution in [2.45, 2.75) is 12.8 Å². The van der Waals surface area contributed by atoms with Crippen molar-refractivity contribution in [2.75, 3.05) is 0 Å². The van der Waals surface area contributed by atoms with E-state index >= 15 is 0 Å². The van der Waals surface area contributed by atoms with Gasteiger partial charge in [-0.05, 0) is 17.5 Å². The first kappa shape index (κ1) is 12.3. The molecule has 0 saturated carbocycles. The Morgan fingerprint density at radius 3 is 2.65 bits per heavy atom. The van der Waals surface area contributed by atoms with Gasteiger partial charge in [0.2, 0.25) is 0 Å². The van der Waals surface area contributed by atoms with Crippen LogP contribution >= 0.6 is 0 Å². The first-order valence-corrected chi connectivity index (χ1v) is 6.07. The van der Waals surface area contributed by atoms with Crippen LogP contribution in [0.1, 0.15) is 23.2 Å². The van der Waals surface area contributed by atoms with E-state index < -0.39 is 17.8 Å². The van der Waals surface area contributed by atoms with Crippen molar-refractivity contribution in [2.24, 2.45) is 0 Å². The van der Waals surface area contributed by atoms with E-state index in [0.717, 1.165) is 5.39 Å². The van der Waals surface area contributed by atoms with Gasteiger partial charge in [-0.25, -0.2) is 4.79 Å². The Kier molecular flexibility index (Phi) is 2.90. The Bertz CT molecular complexity index is 705. The number of amides is 2. The average molecular weight is 270 g/mol. The maximum absolute atomic E-state index is 12.1. The molecule has 20 heavy (non-hydrogen) atoms. The van der Waals surface area contributed by atoms with Crippen LogP contribution in [0, 0.1) is 0 Å². The zero-order valence-electron chi connectivity index (χ0n) is 10.4. The molecule has 1 aliphatic rings. The molecule has 1 aliphatic heterocycles. The molecule has 1 fully saturated rings. The van der Waals surface area contributed by atoms with Crippen LogP contribution in [0.4, 0.5) is 0 Å². The smallest absolute Gasteiger partial charge is 0.325 e. The number of hydrogen-bond donors (Lipinski definition) is 0. The molecule has 0 unspecified atom stereocenters. The fraction of sp³-hybridized carbons (Fsp3) is 0.143. The molecule has 2 heterocycles. The van der Waals surface area contributed by atoms with Gasteiger partial charge in [0, 0.05) is 30.6 Å². The highest BCUT2D eigenvalue weighted by Crippen LogP contribution is 2.20. The molecule has 0 spiro atoms. The summed E-state index contributed by atoms with van der Waals surface area (Å²) in [7, 11) is 0. The number of aromatic nitrogens is 1. The third kappa shape index (κ3) is 2.01. The van der Waals surface area contributed by atoms with Gasteiger partial charge in [0.1, 0.15) is 0 Å². The average Bonchev–Trinajstić information content (AvgIpc) is 2.78. The van der Waals surface area contributed by atoms with Gasteiger partial charge < -0.3 is 4.84 Å². The van der Waals surface area contributed by atoms with Gasteiger partial charge in [-0.3, -0.25) is 14.6 Å². The molecule has 0 N–H and O–H groups in total. The Labute approximate surface area is 113 Å². The lowest BCUT2D eigenvalue weighted by Crippen LogP contribution is -2.32. The molecule has 2 aromatic rings. The van der Waals surface area contributed by atoms with Gasteiger partial charge in [0.05, 0.1) is 5.56 Å². The normalized spacial score (nSPS) is 14.9. The Hall–Kier alpha value is -2.76. The number of hydrogen-bond acceptors (Lipinski definition) is 5. The number of carbonyl (C=O) groups is 3. The van der Waals surface area contributed by atoms with Crippen LogP contribution in [0.5, 0.6) is 0 Å². The lowest BCUT2D eigenvalue weighted by molar-refractivity contribution is -0.172. The van der Waals surface area contributed by atoms with E-state index in [0.29, 0.717) is 10.4 Å². The van der Waals surface area contributed by atoms with Crippen LogP contribution in [0.2, 0.25) is 0 Å². The van der Waals surface area contributed by atoms with E-state index in [-0.39, 0.29) is 18.4 Å². The van der Waals surface area contributed by atoms with E-state index in [1.165, 1.54) is 0 Å². The van der Waals surface area contributed by atoms with Crippen molar-refractivity contribution in [3.05, 3.63) is 42.2 Å². The topological polar surface area (TPSA) is 76.6 Å². The van der Waals surface area contributed by atoms with E-state index in [1.807, 2.05) is 6.07 Å². The van der Waals surface area contributed by atoms with Crippen molar-refractivity contribution >= 4 is 28.6 Å². The molecule has 0 radical (unpaired) electrons. The van der Waals surface area contributed by atoms with Crippen LogP contribution in [0.25, 0.3) is 10.8 Å². The Balaban J connectivity index is 1.93. The van der Waals surface area contributed by atoms with Crippen molar-refractivity contribution in [3.63, 3.8) is 0 Å². The first-order valence-electron chi connectivity index (χ1n) is 6.07. The number of benzene rings is 1. The summed E-state index contributed by atoms with van der Waals surface area (Å²) in [4.78, 5) is 43.9. The number of fused-ring (bicyclic) bond motifs is 1. The number of rotatable bonds is 2. The Morgan fingerprint density at radius 1 is 1.15 bits per heavy atom. The first-order chi connectivity index (χ1) is 9.66. The molecule has 100 valence electrons. The summed E-state index contributed by atoms with van der Waals surface area (Å²) in [6.45, 7) is 0. The maximum atomic E-state index is 12.1. The zero-order valence-corrected chi connectivity index (χ0v) is 10.4. The van der Waals surface area contributed by atoms with Crippen LogP contribution < -0.4 is 0 Å². The third-order valence-electron chi connectivity index (χ3n) is 3.08. The minimum Gasteiger partial charge on any atom is -0.325 e. The fourth-order valence-electron chi connectivity index (χ4n) is 2.09. The molecule has 1 saturated heterocycles. The quantitative estimate of drug-likeness (QED) is 0.772. The summed E-state index contributed by atoms with van der Waals surface area (Å²) in [6.07, 6.45) is 3.33. The molecule has 6 nitrogen and oxygen atoms in total. The summed E-state index contributed by atoms with van der Waals surface area (Å²) in [5.41, 5.74) is 0.289. The monoisotopic (exact) mass is 270 g/mol. The van der Waals surface area contributed by atoms with Gasteiger partial charge in [0.15, 0.2) is 0 Å². The minimum atomic E-state index is -0.731. The molecule has 0 atom stereocenters. The van der Waals surface area contributed by atoms with Crippen LogP contribution in [0.15, 0.2) is 36.7 Å². The lowest BCUT2D eigenvalue weighted by atomic mass is 10.1. The minimum absolute atomic E-state index is 0.0750. The van der Waals surface area contributed by atoms with E-state index in [1.54, 1.807) is 30.6 Å². The zero-order chi connectivity index (χ0) is 14.1. The van der Waals surface area contributed by atoms with Crippen LogP contribution in [-0.4, -0.2) is 27.8 Å². The number of imide groups is 1. The van der Waals surface area contributed by atoms with Gasteiger partial charge in [-0.1, -0.05) is 12.1 Å². The molecule has 0 bridgehead atoms. The molecule has 3 rings (SSSR count). The summed E-state index contributed by atoms with van der Waals surface area (Å²) < 4.78 is 0. The molecular formula is C14H10N2O4. The van der Waals surface area contributed by atoms with Crippen molar-refractivity contribution in [1.82, 2.24) is 10.0 Å². The second-order valence-electron chi connectivity index (χ2n) is 4.36. The molecule has 1 aromatic carbocycles. The third-order valence-corrected chi connectivity index (χ3v) is 3.08. The predicted octanol–water partition coefficient (Wildman–Crippen LogP) is 1.46. The summed E-state index contributed by atoms with van der Waals surface area (Å²) in [5.74, 6) is -1.72. The molecule has 2 amide bonds. The van der Waals surface area contributed by atoms with Gasteiger partial charge >= 0.3 is 5.97 Å². The lowest BCUT2D eigenvalue weighted by Gasteiger charge is -2.13. The predicted molar refractivity (Wildman–Crippen MR) is 68.2 cm³/mol. The number of carbonyl (C=O) groups excluding carboxylic acids is 3.